The van der Waals surface area contributed by atoms with E-state index >= 15 is 0 Å². The second kappa shape index (κ2) is 14.7. The van der Waals surface area contributed by atoms with E-state index in [0.29, 0.717) is 17.5 Å². The summed E-state index contributed by atoms with van der Waals surface area (Å²) >= 11 is 0. The molecule has 62 heavy (non-hydrogen) atoms. The summed E-state index contributed by atoms with van der Waals surface area (Å²) in [5.74, 6) is 1.86. The standard InChI is InChI=1S/C57H36N4O/c1-4-13-37(14-5-1)39-23-27-41(28-24-39)55-58-56(60-57(59-55)45-18-12-17-43(35-45)38-15-6-2-7-16-38)42-29-25-40(26-30-42)44-31-34-52-50(36-44)49-33-32-48-47-21-10-11-22-51(47)61(53(48)54(49)62-52)46-19-8-3-9-20-46/h1-36H. The zero-order chi connectivity index (χ0) is 41.0. The Morgan fingerprint density at radius 1 is 0.306 bits per heavy atom. The van der Waals surface area contributed by atoms with Crippen molar-refractivity contribution < 1.29 is 4.42 Å². The molecule has 0 spiro atoms. The van der Waals surface area contributed by atoms with Crippen molar-refractivity contribution in [1.29, 1.82) is 0 Å². The third-order valence-electron chi connectivity index (χ3n) is 11.9. The van der Waals surface area contributed by atoms with E-state index in [1.54, 1.807) is 0 Å². The SMILES string of the molecule is c1ccc(-c2ccc(-c3nc(-c4ccc(-c5ccc6oc7c(ccc8c9ccccc9n(-c9ccccc9)c87)c6c5)cc4)nc(-c4cccc(-c5ccccc5)c4)n3)cc2)cc1. The molecule has 290 valence electrons. The van der Waals surface area contributed by atoms with E-state index in [4.69, 9.17) is 19.4 Å². The van der Waals surface area contributed by atoms with Gasteiger partial charge in [-0.15, -0.1) is 0 Å². The fourth-order valence-electron chi connectivity index (χ4n) is 8.79. The molecular formula is C57H36N4O. The molecule has 0 bridgehead atoms. The maximum atomic E-state index is 6.74. The Hall–Kier alpha value is -8.41. The van der Waals surface area contributed by atoms with Gasteiger partial charge in [-0.05, 0) is 75.8 Å². The lowest BCUT2D eigenvalue weighted by Gasteiger charge is -2.11. The van der Waals surface area contributed by atoms with Gasteiger partial charge in [0, 0.05) is 43.9 Å². The topological polar surface area (TPSA) is 56.7 Å². The Bertz CT molecular complexity index is 3590. The summed E-state index contributed by atoms with van der Waals surface area (Å²) in [5, 5.41) is 4.54. The van der Waals surface area contributed by atoms with E-state index in [-0.39, 0.29) is 0 Å². The Labute approximate surface area is 357 Å². The molecule has 5 nitrogen and oxygen atoms in total. The number of benzene rings is 9. The number of nitrogens with zero attached hydrogens (tertiary/aromatic N) is 4. The lowest BCUT2D eigenvalue weighted by atomic mass is 10.0. The molecule has 3 aromatic heterocycles. The average molecular weight is 793 g/mol. The predicted octanol–water partition coefficient (Wildman–Crippen LogP) is 14.9. The molecule has 0 aliphatic rings. The zero-order valence-corrected chi connectivity index (χ0v) is 33.5. The van der Waals surface area contributed by atoms with Crippen molar-refractivity contribution >= 4 is 43.7 Å². The van der Waals surface area contributed by atoms with Crippen LogP contribution in [0.15, 0.2) is 223 Å². The molecule has 0 saturated carbocycles. The van der Waals surface area contributed by atoms with Gasteiger partial charge in [-0.2, -0.15) is 0 Å². The second-order valence-corrected chi connectivity index (χ2v) is 15.6. The van der Waals surface area contributed by atoms with Crippen molar-refractivity contribution in [3.05, 3.63) is 218 Å². The van der Waals surface area contributed by atoms with Crippen LogP contribution in [0.2, 0.25) is 0 Å². The van der Waals surface area contributed by atoms with E-state index in [9.17, 15) is 0 Å². The number of fused-ring (bicyclic) bond motifs is 7. The highest BCUT2D eigenvalue weighted by molar-refractivity contribution is 6.21. The highest BCUT2D eigenvalue weighted by Crippen LogP contribution is 2.41. The van der Waals surface area contributed by atoms with Gasteiger partial charge in [0.15, 0.2) is 23.1 Å². The van der Waals surface area contributed by atoms with Crippen LogP contribution in [0.3, 0.4) is 0 Å². The highest BCUT2D eigenvalue weighted by atomic mass is 16.3. The second-order valence-electron chi connectivity index (χ2n) is 15.6. The van der Waals surface area contributed by atoms with Gasteiger partial charge in [0.1, 0.15) is 5.58 Å². The Morgan fingerprint density at radius 2 is 0.774 bits per heavy atom. The smallest absolute Gasteiger partial charge is 0.164 e. The summed E-state index contributed by atoms with van der Waals surface area (Å²) in [6.45, 7) is 0. The number of hydrogen-bond donors (Lipinski definition) is 0. The largest absolute Gasteiger partial charge is 0.454 e. The molecule has 0 radical (unpaired) electrons. The van der Waals surface area contributed by atoms with Gasteiger partial charge in [0.2, 0.25) is 0 Å². The van der Waals surface area contributed by atoms with Crippen LogP contribution in [0.4, 0.5) is 0 Å². The minimum atomic E-state index is 0.614. The molecule has 0 fully saturated rings. The third kappa shape index (κ3) is 6.14. The van der Waals surface area contributed by atoms with Crippen LogP contribution in [0.5, 0.6) is 0 Å². The normalized spacial score (nSPS) is 11.5. The van der Waals surface area contributed by atoms with Crippen LogP contribution in [-0.4, -0.2) is 19.5 Å². The number of rotatable bonds is 7. The number of aromatic nitrogens is 4. The molecule has 0 aliphatic heterocycles. The maximum absolute atomic E-state index is 6.74. The van der Waals surface area contributed by atoms with Crippen LogP contribution in [0.1, 0.15) is 0 Å². The van der Waals surface area contributed by atoms with Crippen molar-refractivity contribution in [1.82, 2.24) is 19.5 Å². The molecule has 3 heterocycles. The molecule has 0 N–H and O–H groups in total. The van der Waals surface area contributed by atoms with E-state index < -0.39 is 0 Å². The van der Waals surface area contributed by atoms with Crippen LogP contribution in [0, 0.1) is 0 Å². The zero-order valence-electron chi connectivity index (χ0n) is 33.5. The minimum absolute atomic E-state index is 0.614. The number of para-hydroxylation sites is 2. The van der Waals surface area contributed by atoms with E-state index in [2.05, 4.69) is 211 Å². The monoisotopic (exact) mass is 792 g/mol. The molecule has 9 aromatic carbocycles. The molecular weight excluding hydrogens is 757 g/mol. The Morgan fingerprint density at radius 3 is 1.45 bits per heavy atom. The molecule has 5 heteroatoms. The fourth-order valence-corrected chi connectivity index (χ4v) is 8.79. The molecule has 0 unspecified atom stereocenters. The molecule has 0 aliphatic carbocycles. The first-order valence-corrected chi connectivity index (χ1v) is 20.8. The summed E-state index contributed by atoms with van der Waals surface area (Å²) in [5.41, 5.74) is 14.6. The minimum Gasteiger partial charge on any atom is -0.454 e. The van der Waals surface area contributed by atoms with Crippen molar-refractivity contribution in [3.8, 4) is 73.2 Å². The average Bonchev–Trinajstić information content (AvgIpc) is 3.90. The van der Waals surface area contributed by atoms with Gasteiger partial charge in [-0.25, -0.2) is 15.0 Å². The third-order valence-corrected chi connectivity index (χ3v) is 11.9. The summed E-state index contributed by atoms with van der Waals surface area (Å²) in [7, 11) is 0. The molecule has 12 aromatic rings. The number of hydrogen-bond acceptors (Lipinski definition) is 4. The Kier molecular flexibility index (Phi) is 8.42. The van der Waals surface area contributed by atoms with E-state index in [1.165, 1.54) is 10.8 Å². The van der Waals surface area contributed by atoms with Gasteiger partial charge < -0.3 is 8.98 Å². The van der Waals surface area contributed by atoms with Gasteiger partial charge in [0.05, 0.1) is 11.0 Å². The summed E-state index contributed by atoms with van der Waals surface area (Å²) in [6.07, 6.45) is 0. The number of furan rings is 1. The summed E-state index contributed by atoms with van der Waals surface area (Å²) < 4.78 is 9.06. The lowest BCUT2D eigenvalue weighted by Crippen LogP contribution is -2.00. The molecule has 0 amide bonds. The van der Waals surface area contributed by atoms with Gasteiger partial charge in [0.25, 0.3) is 0 Å². The molecule has 12 rings (SSSR count). The van der Waals surface area contributed by atoms with Crippen LogP contribution in [0.25, 0.3) is 117 Å². The van der Waals surface area contributed by atoms with E-state index in [1.807, 2.05) is 12.1 Å². The van der Waals surface area contributed by atoms with Gasteiger partial charge in [-0.3, -0.25) is 0 Å². The van der Waals surface area contributed by atoms with Crippen LogP contribution in [-0.2, 0) is 0 Å². The van der Waals surface area contributed by atoms with Crippen LogP contribution >= 0.6 is 0 Å². The van der Waals surface area contributed by atoms with Crippen molar-refractivity contribution in [2.24, 2.45) is 0 Å². The summed E-state index contributed by atoms with van der Waals surface area (Å²) in [6, 6.07) is 76.2. The Balaban J connectivity index is 0.940. The first kappa shape index (κ1) is 35.5. The fraction of sp³-hybridized carbons (Fsp3) is 0. The molecule has 0 saturated heterocycles. The summed E-state index contributed by atoms with van der Waals surface area (Å²) in [4.78, 5) is 15.3. The first-order chi connectivity index (χ1) is 30.7. The first-order valence-electron chi connectivity index (χ1n) is 20.8. The van der Waals surface area contributed by atoms with Crippen LogP contribution < -0.4 is 0 Å². The van der Waals surface area contributed by atoms with Crippen molar-refractivity contribution in [3.63, 3.8) is 0 Å². The lowest BCUT2D eigenvalue weighted by molar-refractivity contribution is 0.671. The quantitative estimate of drug-likeness (QED) is 0.161. The van der Waals surface area contributed by atoms with Gasteiger partial charge >= 0.3 is 0 Å². The van der Waals surface area contributed by atoms with Crippen molar-refractivity contribution in [2.45, 2.75) is 0 Å². The maximum Gasteiger partial charge on any atom is 0.164 e. The van der Waals surface area contributed by atoms with E-state index in [0.717, 1.165) is 88.7 Å². The van der Waals surface area contributed by atoms with Crippen molar-refractivity contribution in [2.75, 3.05) is 0 Å². The predicted molar refractivity (Wildman–Crippen MR) is 254 cm³/mol. The molecule has 0 atom stereocenters. The van der Waals surface area contributed by atoms with Gasteiger partial charge in [-0.1, -0.05) is 176 Å². The highest BCUT2D eigenvalue weighted by Gasteiger charge is 2.20.